The quantitative estimate of drug-likeness (QED) is 0.812. The van der Waals surface area contributed by atoms with Crippen LogP contribution in [0.2, 0.25) is 0 Å². The van der Waals surface area contributed by atoms with Gasteiger partial charge in [-0.25, -0.2) is 0 Å². The summed E-state index contributed by atoms with van der Waals surface area (Å²) in [6, 6.07) is 3.44. The predicted octanol–water partition coefficient (Wildman–Crippen LogP) is 0.800. The highest BCUT2D eigenvalue weighted by Crippen LogP contribution is 2.11. The summed E-state index contributed by atoms with van der Waals surface area (Å²) < 4.78 is 0. The van der Waals surface area contributed by atoms with E-state index in [2.05, 4.69) is 16.8 Å². The number of nitriles is 1. The summed E-state index contributed by atoms with van der Waals surface area (Å²) in [6.45, 7) is 1.53. The van der Waals surface area contributed by atoms with E-state index in [0.29, 0.717) is 11.1 Å². The molecule has 1 N–H and O–H groups in total. The molecule has 0 aromatic carbocycles. The normalized spacial score (nSPS) is 10.8. The Kier molecular flexibility index (Phi) is 5.53. The van der Waals surface area contributed by atoms with Crippen LogP contribution in [0, 0.1) is 23.2 Å². The maximum atomic E-state index is 12.3. The van der Waals surface area contributed by atoms with E-state index in [0.717, 1.165) is 0 Å². The molecule has 0 bridgehead atoms. The van der Waals surface area contributed by atoms with Crippen molar-refractivity contribution in [1.82, 2.24) is 9.88 Å². The Morgan fingerprint density at radius 2 is 2.37 bits per heavy atom. The Morgan fingerprint density at radius 1 is 1.63 bits per heavy atom. The Morgan fingerprint density at radius 3 is 3.00 bits per heavy atom. The molecule has 0 radical (unpaired) electrons. The second-order valence-electron chi connectivity index (χ2n) is 4.01. The average molecular weight is 257 g/mol. The second kappa shape index (κ2) is 7.15. The molecule has 5 heteroatoms. The molecule has 0 aliphatic rings. The summed E-state index contributed by atoms with van der Waals surface area (Å²) in [5, 5.41) is 17.4. The Labute approximate surface area is 112 Å². The standard InChI is InChI=1S/C14H15N3O2/c1-11(5-7-15)17(2)14(19)13-6-8-16-10-12(13)4-3-9-18/h6,8,10-11,18H,5,9H2,1-2H3. The van der Waals surface area contributed by atoms with Gasteiger partial charge in [-0.2, -0.15) is 5.26 Å². The van der Waals surface area contributed by atoms with Crippen molar-refractivity contribution in [3.63, 3.8) is 0 Å². The van der Waals surface area contributed by atoms with E-state index < -0.39 is 0 Å². The van der Waals surface area contributed by atoms with Gasteiger partial charge in [0.1, 0.15) is 6.61 Å². The summed E-state index contributed by atoms with van der Waals surface area (Å²) >= 11 is 0. The highest BCUT2D eigenvalue weighted by Gasteiger charge is 2.19. The van der Waals surface area contributed by atoms with Gasteiger partial charge < -0.3 is 10.0 Å². The van der Waals surface area contributed by atoms with Crippen LogP contribution in [0.4, 0.5) is 0 Å². The molecule has 19 heavy (non-hydrogen) atoms. The van der Waals surface area contributed by atoms with E-state index in [9.17, 15) is 4.79 Å². The molecule has 1 aromatic heterocycles. The molecule has 0 fully saturated rings. The lowest BCUT2D eigenvalue weighted by Gasteiger charge is -2.23. The van der Waals surface area contributed by atoms with E-state index >= 15 is 0 Å². The smallest absolute Gasteiger partial charge is 0.255 e. The minimum Gasteiger partial charge on any atom is -0.384 e. The molecular formula is C14H15N3O2. The summed E-state index contributed by atoms with van der Waals surface area (Å²) in [6.07, 6.45) is 3.27. The number of hydrogen-bond acceptors (Lipinski definition) is 4. The fourth-order valence-corrected chi connectivity index (χ4v) is 1.47. The number of carbonyl (C=O) groups excluding carboxylic acids is 1. The van der Waals surface area contributed by atoms with Gasteiger partial charge in [-0.3, -0.25) is 9.78 Å². The zero-order valence-corrected chi connectivity index (χ0v) is 10.9. The first-order chi connectivity index (χ1) is 9.11. The minimum atomic E-state index is -0.275. The van der Waals surface area contributed by atoms with Crippen molar-refractivity contribution in [2.24, 2.45) is 0 Å². The first-order valence-electron chi connectivity index (χ1n) is 5.79. The minimum absolute atomic E-state index is 0.177. The summed E-state index contributed by atoms with van der Waals surface area (Å²) in [5.41, 5.74) is 0.890. The zero-order valence-electron chi connectivity index (χ0n) is 10.9. The number of rotatable bonds is 3. The largest absolute Gasteiger partial charge is 0.384 e. The molecule has 1 unspecified atom stereocenters. The van der Waals surface area contributed by atoms with Gasteiger partial charge in [-0.05, 0) is 13.0 Å². The van der Waals surface area contributed by atoms with Gasteiger partial charge in [0.2, 0.25) is 0 Å². The van der Waals surface area contributed by atoms with Gasteiger partial charge >= 0.3 is 0 Å². The molecule has 1 aromatic rings. The maximum Gasteiger partial charge on any atom is 0.255 e. The Hall–Kier alpha value is -2.37. The first kappa shape index (κ1) is 14.7. The van der Waals surface area contributed by atoms with Gasteiger partial charge in [0.25, 0.3) is 5.91 Å². The van der Waals surface area contributed by atoms with Gasteiger partial charge in [-0.15, -0.1) is 0 Å². The highest BCUT2D eigenvalue weighted by atomic mass is 16.2. The van der Waals surface area contributed by atoms with Gasteiger partial charge in [0.05, 0.1) is 23.6 Å². The maximum absolute atomic E-state index is 12.3. The lowest BCUT2D eigenvalue weighted by molar-refractivity contribution is 0.0746. The van der Waals surface area contributed by atoms with Crippen LogP contribution >= 0.6 is 0 Å². The number of nitrogens with zero attached hydrogens (tertiary/aromatic N) is 3. The summed E-state index contributed by atoms with van der Waals surface area (Å²) in [5.74, 6) is 4.97. The van der Waals surface area contributed by atoms with E-state index in [4.69, 9.17) is 10.4 Å². The molecule has 1 rings (SSSR count). The van der Waals surface area contributed by atoms with Crippen LogP contribution in [0.1, 0.15) is 29.3 Å². The molecule has 0 spiro atoms. The molecule has 0 aliphatic heterocycles. The lowest BCUT2D eigenvalue weighted by Crippen LogP contribution is -2.35. The fraction of sp³-hybridized carbons (Fsp3) is 0.357. The molecular weight excluding hydrogens is 242 g/mol. The number of aliphatic hydroxyl groups is 1. The molecule has 1 heterocycles. The number of carbonyl (C=O) groups is 1. The summed E-state index contributed by atoms with van der Waals surface area (Å²) in [7, 11) is 1.65. The monoisotopic (exact) mass is 257 g/mol. The van der Waals surface area contributed by atoms with Crippen LogP contribution in [0.15, 0.2) is 18.5 Å². The van der Waals surface area contributed by atoms with Crippen LogP contribution in [0.25, 0.3) is 0 Å². The first-order valence-corrected chi connectivity index (χ1v) is 5.79. The molecule has 98 valence electrons. The van der Waals surface area contributed by atoms with Crippen LogP contribution < -0.4 is 0 Å². The molecule has 1 amide bonds. The van der Waals surface area contributed by atoms with E-state index in [1.54, 1.807) is 20.0 Å². The topological polar surface area (TPSA) is 77.2 Å². The van der Waals surface area contributed by atoms with Crippen LogP contribution in [-0.2, 0) is 0 Å². The van der Waals surface area contributed by atoms with Crippen molar-refractivity contribution >= 4 is 5.91 Å². The van der Waals surface area contributed by atoms with Crippen molar-refractivity contribution in [2.45, 2.75) is 19.4 Å². The van der Waals surface area contributed by atoms with Crippen molar-refractivity contribution < 1.29 is 9.90 Å². The van der Waals surface area contributed by atoms with Gasteiger partial charge in [0, 0.05) is 25.5 Å². The van der Waals surface area contributed by atoms with Crippen LogP contribution in [0.3, 0.4) is 0 Å². The number of hydrogen-bond donors (Lipinski definition) is 1. The molecule has 5 nitrogen and oxygen atoms in total. The van der Waals surface area contributed by atoms with E-state index in [1.807, 2.05) is 6.07 Å². The molecule has 1 atom stereocenters. The highest BCUT2D eigenvalue weighted by molar-refractivity contribution is 5.96. The van der Waals surface area contributed by atoms with Crippen molar-refractivity contribution in [1.29, 1.82) is 5.26 Å². The zero-order chi connectivity index (χ0) is 14.3. The number of pyridine rings is 1. The number of aromatic nitrogens is 1. The van der Waals surface area contributed by atoms with E-state index in [-0.39, 0.29) is 25.0 Å². The molecule has 0 saturated heterocycles. The third kappa shape index (κ3) is 3.80. The van der Waals surface area contributed by atoms with Crippen LogP contribution in [0.5, 0.6) is 0 Å². The van der Waals surface area contributed by atoms with Crippen molar-refractivity contribution in [3.05, 3.63) is 29.6 Å². The number of amides is 1. The SMILES string of the molecule is CC(CC#N)N(C)C(=O)c1ccncc1C#CCO. The Bertz CT molecular complexity index is 552. The average Bonchev–Trinajstić information content (AvgIpc) is 2.44. The van der Waals surface area contributed by atoms with Crippen molar-refractivity contribution in [2.75, 3.05) is 13.7 Å². The Balaban J connectivity index is 3.03. The number of aliphatic hydroxyl groups excluding tert-OH is 1. The lowest BCUT2D eigenvalue weighted by atomic mass is 10.1. The van der Waals surface area contributed by atoms with Gasteiger partial charge in [-0.1, -0.05) is 11.8 Å². The predicted molar refractivity (Wildman–Crippen MR) is 70.0 cm³/mol. The van der Waals surface area contributed by atoms with E-state index in [1.165, 1.54) is 17.3 Å². The van der Waals surface area contributed by atoms with Crippen LogP contribution in [-0.4, -0.2) is 40.6 Å². The second-order valence-corrected chi connectivity index (χ2v) is 4.01. The van der Waals surface area contributed by atoms with Gasteiger partial charge in [0.15, 0.2) is 0 Å². The third-order valence-electron chi connectivity index (χ3n) is 2.72. The third-order valence-corrected chi connectivity index (χ3v) is 2.72. The fourth-order valence-electron chi connectivity index (χ4n) is 1.47. The summed E-state index contributed by atoms with van der Waals surface area (Å²) in [4.78, 5) is 17.7. The molecule has 0 aliphatic carbocycles. The molecule has 0 saturated carbocycles. The van der Waals surface area contributed by atoms with Crippen molar-refractivity contribution in [3.8, 4) is 17.9 Å².